The molecule has 4 heterocycles. The normalized spacial score (nSPS) is 16.1. The molecule has 1 atom stereocenters. The summed E-state index contributed by atoms with van der Waals surface area (Å²) in [7, 11) is 0. The van der Waals surface area contributed by atoms with Crippen molar-refractivity contribution in [3.05, 3.63) is 118 Å². The van der Waals surface area contributed by atoms with Crippen LogP contribution in [0.1, 0.15) is 39.3 Å². The molecule has 0 aliphatic carbocycles. The van der Waals surface area contributed by atoms with Gasteiger partial charge in [-0.25, -0.2) is 27.9 Å². The number of hydrogen-bond acceptors (Lipinski definition) is 8. The second-order valence-corrected chi connectivity index (χ2v) is 12.1. The highest BCUT2D eigenvalue weighted by Crippen LogP contribution is 2.29. The Bertz CT molecular complexity index is 2130. The molecule has 7 rings (SSSR count). The van der Waals surface area contributed by atoms with Gasteiger partial charge >= 0.3 is 5.97 Å². The van der Waals surface area contributed by atoms with Crippen LogP contribution in [-0.2, 0) is 29.0 Å². The number of allylic oxidation sites excluding steroid dienone is 1. The van der Waals surface area contributed by atoms with E-state index in [1.165, 1.54) is 30.3 Å². The van der Waals surface area contributed by atoms with Crippen LogP contribution in [0.4, 0.5) is 13.2 Å². The van der Waals surface area contributed by atoms with Gasteiger partial charge in [0.05, 0.1) is 54.2 Å². The molecule has 3 aromatic carbocycles. The average Bonchev–Trinajstić information content (AvgIpc) is 3.40. The molecule has 0 amide bonds. The summed E-state index contributed by atoms with van der Waals surface area (Å²) in [6.45, 7) is 2.02. The zero-order chi connectivity index (χ0) is 34.8. The fourth-order valence-corrected chi connectivity index (χ4v) is 5.76. The van der Waals surface area contributed by atoms with Crippen molar-refractivity contribution in [3.63, 3.8) is 0 Å². The van der Waals surface area contributed by atoms with Crippen molar-refractivity contribution >= 4 is 28.8 Å². The molecule has 256 valence electrons. The Morgan fingerprint density at radius 2 is 1.80 bits per heavy atom. The summed E-state index contributed by atoms with van der Waals surface area (Å²) in [6, 6.07) is 16.1. The fraction of sp³-hybridized carbons (Fsp3) is 0.243. The summed E-state index contributed by atoms with van der Waals surface area (Å²) < 4.78 is 64.5. The number of aromatic carboxylic acids is 1. The van der Waals surface area contributed by atoms with E-state index in [2.05, 4.69) is 15.3 Å². The first-order chi connectivity index (χ1) is 24.2. The van der Waals surface area contributed by atoms with Gasteiger partial charge in [0, 0.05) is 48.2 Å². The number of carboxylic acid groups (broad SMARTS) is 1. The lowest BCUT2D eigenvalue weighted by atomic mass is 10.0. The van der Waals surface area contributed by atoms with E-state index in [9.17, 15) is 9.90 Å². The van der Waals surface area contributed by atoms with Crippen LogP contribution in [0.3, 0.4) is 0 Å². The zero-order valence-corrected chi connectivity index (χ0v) is 26.7. The molecule has 2 saturated heterocycles. The Morgan fingerprint density at radius 1 is 1.00 bits per heavy atom. The van der Waals surface area contributed by atoms with Gasteiger partial charge in [-0.1, -0.05) is 18.2 Å². The van der Waals surface area contributed by atoms with Gasteiger partial charge in [0.25, 0.3) is 0 Å². The molecule has 2 aliphatic rings. The summed E-state index contributed by atoms with van der Waals surface area (Å²) in [5, 5.41) is 20.3. The number of nitrogens with one attached hydrogen (secondary N) is 2. The van der Waals surface area contributed by atoms with Crippen molar-refractivity contribution in [2.75, 3.05) is 19.8 Å². The van der Waals surface area contributed by atoms with Gasteiger partial charge in [0.1, 0.15) is 29.9 Å². The maximum Gasteiger partial charge on any atom is 0.335 e. The number of aromatic nitrogens is 3. The van der Waals surface area contributed by atoms with E-state index in [0.717, 1.165) is 24.8 Å². The lowest BCUT2D eigenvalue weighted by Gasteiger charge is -2.27. The molecular weight excluding hydrogens is 651 g/mol. The molecule has 0 radical (unpaired) electrons. The molecule has 50 heavy (non-hydrogen) atoms. The highest BCUT2D eigenvalue weighted by molar-refractivity contribution is 6.08. The lowest BCUT2D eigenvalue weighted by Crippen LogP contribution is -2.43. The molecule has 2 aromatic heterocycles. The Morgan fingerprint density at radius 3 is 2.50 bits per heavy atom. The highest BCUT2D eigenvalue weighted by atomic mass is 19.1. The van der Waals surface area contributed by atoms with E-state index in [0.29, 0.717) is 54.4 Å². The average molecular weight is 684 g/mol. The number of imidazole rings is 1. The van der Waals surface area contributed by atoms with Crippen molar-refractivity contribution in [3.8, 4) is 17.1 Å². The number of rotatable bonds is 13. The predicted molar refractivity (Wildman–Crippen MR) is 179 cm³/mol. The molecule has 10 nitrogen and oxygen atoms in total. The number of carboxylic acids is 1. The number of ether oxygens (including phenoxy) is 3. The summed E-state index contributed by atoms with van der Waals surface area (Å²) >= 11 is 0. The first-order valence-corrected chi connectivity index (χ1v) is 16.0. The van der Waals surface area contributed by atoms with Gasteiger partial charge in [0.15, 0.2) is 0 Å². The van der Waals surface area contributed by atoms with Gasteiger partial charge in [-0.05, 0) is 60.0 Å². The molecule has 0 unspecified atom stereocenters. The van der Waals surface area contributed by atoms with Crippen molar-refractivity contribution < 1.29 is 37.3 Å². The molecule has 3 N–H and O–H groups in total. The third-order valence-corrected chi connectivity index (χ3v) is 8.77. The topological polar surface area (TPSA) is 132 Å². The number of pyridine rings is 1. The number of benzene rings is 3. The smallest absolute Gasteiger partial charge is 0.335 e. The van der Waals surface area contributed by atoms with Gasteiger partial charge in [0.2, 0.25) is 5.88 Å². The summed E-state index contributed by atoms with van der Waals surface area (Å²) in [5.74, 6) is -2.45. The highest BCUT2D eigenvalue weighted by Gasteiger charge is 2.24. The first kappa shape index (κ1) is 33.0. The van der Waals surface area contributed by atoms with E-state index < -0.39 is 23.4 Å². The van der Waals surface area contributed by atoms with E-state index in [-0.39, 0.29) is 59.0 Å². The minimum absolute atomic E-state index is 0.0448. The molecule has 0 saturated carbocycles. The molecule has 0 bridgehead atoms. The quantitative estimate of drug-likeness (QED) is 0.126. The van der Waals surface area contributed by atoms with Crippen molar-refractivity contribution in [2.45, 2.75) is 38.1 Å². The van der Waals surface area contributed by atoms with Gasteiger partial charge in [-0.2, -0.15) is 0 Å². The van der Waals surface area contributed by atoms with Gasteiger partial charge < -0.3 is 34.6 Å². The van der Waals surface area contributed by atoms with E-state index in [1.807, 2.05) is 4.57 Å². The number of halogens is 3. The third-order valence-electron chi connectivity index (χ3n) is 8.77. The van der Waals surface area contributed by atoms with Crippen molar-refractivity contribution in [1.29, 1.82) is 5.41 Å². The number of carbonyl (C=O) groups is 1. The number of hydrogen-bond donors (Lipinski definition) is 3. The zero-order valence-electron chi connectivity index (χ0n) is 26.7. The Labute approximate surface area is 284 Å². The standard InChI is InChI=1S/C37H32F3N5O5/c38-29-10-21(25(15-41)16-42-26-19-48-20-26)4-5-23(29)18-50-36-3-1-2-32(44-36)28-14-30(39)24(11-31(28)40)13-35-43-33-7-6-22(37(46)47)12-34(33)45(35)17-27-8-9-49-27/h1-7,10-12,14-16,26-27,41-42H,8-9,13,17-20H2,(H,46,47)/b25-16+,41-15?/t27-/m0/s1. The summed E-state index contributed by atoms with van der Waals surface area (Å²) in [5.41, 5.74) is 2.60. The van der Waals surface area contributed by atoms with Gasteiger partial charge in [-0.15, -0.1) is 0 Å². The van der Waals surface area contributed by atoms with Crippen LogP contribution in [0.15, 0.2) is 72.9 Å². The predicted octanol–water partition coefficient (Wildman–Crippen LogP) is 6.15. The van der Waals surface area contributed by atoms with Crippen LogP contribution in [0.5, 0.6) is 5.88 Å². The van der Waals surface area contributed by atoms with Crippen LogP contribution in [0, 0.1) is 22.9 Å². The Kier molecular flexibility index (Phi) is 9.33. The van der Waals surface area contributed by atoms with Crippen LogP contribution in [0.2, 0.25) is 0 Å². The van der Waals surface area contributed by atoms with E-state index >= 15 is 13.2 Å². The minimum Gasteiger partial charge on any atom is -0.478 e. The molecular formula is C37H32F3N5O5. The second kappa shape index (κ2) is 14.1. The largest absolute Gasteiger partial charge is 0.478 e. The van der Waals surface area contributed by atoms with E-state index in [1.54, 1.807) is 30.5 Å². The Hall–Kier alpha value is -5.53. The molecule has 5 aromatic rings. The maximum atomic E-state index is 15.6. The first-order valence-electron chi connectivity index (χ1n) is 16.0. The van der Waals surface area contributed by atoms with Crippen molar-refractivity contribution in [1.82, 2.24) is 19.9 Å². The number of fused-ring (bicyclic) bond motifs is 1. The Balaban J connectivity index is 1.07. The molecule has 0 spiro atoms. The van der Waals surface area contributed by atoms with Crippen LogP contribution < -0.4 is 10.1 Å². The van der Waals surface area contributed by atoms with E-state index in [4.69, 9.17) is 19.6 Å². The molecule has 2 aliphatic heterocycles. The van der Waals surface area contributed by atoms with Gasteiger partial charge in [-0.3, -0.25) is 0 Å². The maximum absolute atomic E-state index is 15.6. The molecule has 13 heteroatoms. The fourth-order valence-electron chi connectivity index (χ4n) is 5.76. The monoisotopic (exact) mass is 683 g/mol. The number of nitrogens with zero attached hydrogens (tertiary/aromatic N) is 3. The SMILES string of the molecule is N=C/C(=C\NC1COC1)c1ccc(COc2cccc(-c3cc(F)c(Cc4nc5ccc(C(=O)O)cc5n4C[C@@H]4CCO4)cc3F)n2)c(F)c1. The van der Waals surface area contributed by atoms with Crippen LogP contribution >= 0.6 is 0 Å². The second-order valence-electron chi connectivity index (χ2n) is 12.1. The van der Waals surface area contributed by atoms with Crippen LogP contribution in [0.25, 0.3) is 27.9 Å². The molecule has 2 fully saturated rings. The lowest BCUT2D eigenvalue weighted by molar-refractivity contribution is -0.0589. The summed E-state index contributed by atoms with van der Waals surface area (Å²) in [6.07, 6.45) is 3.50. The third kappa shape index (κ3) is 6.96. The minimum atomic E-state index is -1.08. The van der Waals surface area contributed by atoms with Crippen molar-refractivity contribution in [2.24, 2.45) is 0 Å². The van der Waals surface area contributed by atoms with Crippen LogP contribution in [-0.4, -0.2) is 63.8 Å². The summed E-state index contributed by atoms with van der Waals surface area (Å²) in [4.78, 5) is 20.6.